The highest BCUT2D eigenvalue weighted by molar-refractivity contribution is 9.10. The molecule has 2 N–H and O–H groups in total. The fourth-order valence-corrected chi connectivity index (χ4v) is 4.35. The standard InChI is InChI=1S/C16H24BrN3O2S/c1-18-16(20-10-12-5-4-6-23-12)19-9-11-7-13(17)15(22-3)14(8-11)21-2/h7-8,12H,4-6,9-10H2,1-3H3,(H2,18,19,20). The predicted octanol–water partition coefficient (Wildman–Crippen LogP) is 3.03. The quantitative estimate of drug-likeness (QED) is 0.566. The summed E-state index contributed by atoms with van der Waals surface area (Å²) in [6.45, 7) is 1.62. The highest BCUT2D eigenvalue weighted by Gasteiger charge is 2.16. The molecule has 0 aromatic heterocycles. The number of methoxy groups -OCH3 is 2. The van der Waals surface area contributed by atoms with Crippen LogP contribution in [0.2, 0.25) is 0 Å². The molecular formula is C16H24BrN3O2S. The minimum atomic E-state index is 0.663. The fraction of sp³-hybridized carbons (Fsp3) is 0.562. The molecule has 1 aliphatic heterocycles. The Morgan fingerprint density at radius 3 is 2.78 bits per heavy atom. The molecule has 0 saturated carbocycles. The lowest BCUT2D eigenvalue weighted by atomic mass is 10.2. The van der Waals surface area contributed by atoms with Crippen LogP contribution < -0.4 is 20.1 Å². The van der Waals surface area contributed by atoms with Crippen LogP contribution in [-0.4, -0.2) is 44.8 Å². The monoisotopic (exact) mass is 401 g/mol. The summed E-state index contributed by atoms with van der Waals surface area (Å²) in [4.78, 5) is 4.28. The molecule has 1 atom stereocenters. The van der Waals surface area contributed by atoms with Gasteiger partial charge in [-0.1, -0.05) is 0 Å². The summed E-state index contributed by atoms with van der Waals surface area (Å²) < 4.78 is 11.6. The molecule has 0 radical (unpaired) electrons. The molecule has 0 aliphatic carbocycles. The summed E-state index contributed by atoms with van der Waals surface area (Å²) in [7, 11) is 5.07. The number of hydrogen-bond acceptors (Lipinski definition) is 4. The van der Waals surface area contributed by atoms with Gasteiger partial charge in [0.25, 0.3) is 0 Å². The van der Waals surface area contributed by atoms with Crippen molar-refractivity contribution in [3.63, 3.8) is 0 Å². The maximum absolute atomic E-state index is 5.37. The van der Waals surface area contributed by atoms with Crippen LogP contribution in [0.5, 0.6) is 11.5 Å². The smallest absolute Gasteiger partial charge is 0.191 e. The molecule has 23 heavy (non-hydrogen) atoms. The van der Waals surface area contributed by atoms with Gasteiger partial charge in [-0.3, -0.25) is 4.99 Å². The Kier molecular flexibility index (Phi) is 7.36. The summed E-state index contributed by atoms with van der Waals surface area (Å²) in [5, 5.41) is 7.43. The van der Waals surface area contributed by atoms with Crippen molar-refractivity contribution in [3.05, 3.63) is 22.2 Å². The maximum atomic E-state index is 5.37. The highest BCUT2D eigenvalue weighted by atomic mass is 79.9. The first-order valence-corrected chi connectivity index (χ1v) is 9.48. The first-order chi connectivity index (χ1) is 11.2. The van der Waals surface area contributed by atoms with Crippen molar-refractivity contribution in [1.29, 1.82) is 0 Å². The summed E-state index contributed by atoms with van der Waals surface area (Å²) in [5.41, 5.74) is 1.09. The van der Waals surface area contributed by atoms with Gasteiger partial charge < -0.3 is 20.1 Å². The van der Waals surface area contributed by atoms with Crippen molar-refractivity contribution in [3.8, 4) is 11.5 Å². The summed E-state index contributed by atoms with van der Waals surface area (Å²) in [5.74, 6) is 3.52. The van der Waals surface area contributed by atoms with Crippen molar-refractivity contribution in [1.82, 2.24) is 10.6 Å². The molecule has 1 aromatic carbocycles. The second kappa shape index (κ2) is 9.27. The van der Waals surface area contributed by atoms with Gasteiger partial charge in [0, 0.05) is 25.4 Å². The number of thioether (sulfide) groups is 1. The number of nitrogens with zero attached hydrogens (tertiary/aromatic N) is 1. The van der Waals surface area contributed by atoms with Crippen molar-refractivity contribution in [2.75, 3.05) is 33.6 Å². The molecule has 1 aromatic rings. The van der Waals surface area contributed by atoms with E-state index in [1.807, 2.05) is 23.9 Å². The number of nitrogens with one attached hydrogen (secondary N) is 2. The summed E-state index contributed by atoms with van der Waals surface area (Å²) >= 11 is 5.56. The molecule has 1 unspecified atom stereocenters. The molecule has 0 amide bonds. The number of rotatable bonds is 6. The minimum absolute atomic E-state index is 0.663. The van der Waals surface area contributed by atoms with Gasteiger partial charge in [-0.2, -0.15) is 11.8 Å². The molecular weight excluding hydrogens is 378 g/mol. The Morgan fingerprint density at radius 2 is 2.17 bits per heavy atom. The van der Waals surface area contributed by atoms with Gasteiger partial charge in [-0.25, -0.2) is 0 Å². The van der Waals surface area contributed by atoms with Crippen molar-refractivity contribution in [2.45, 2.75) is 24.6 Å². The van der Waals surface area contributed by atoms with Gasteiger partial charge in [-0.15, -0.1) is 0 Å². The van der Waals surface area contributed by atoms with Gasteiger partial charge in [0.2, 0.25) is 0 Å². The van der Waals surface area contributed by atoms with E-state index in [-0.39, 0.29) is 0 Å². The third kappa shape index (κ3) is 5.21. The summed E-state index contributed by atoms with van der Waals surface area (Å²) in [6.07, 6.45) is 2.61. The number of hydrogen-bond donors (Lipinski definition) is 2. The molecule has 128 valence electrons. The van der Waals surface area contributed by atoms with E-state index in [4.69, 9.17) is 9.47 Å². The van der Waals surface area contributed by atoms with Crippen LogP contribution in [0, 0.1) is 0 Å². The lowest BCUT2D eigenvalue weighted by molar-refractivity contribution is 0.352. The lowest BCUT2D eigenvalue weighted by Gasteiger charge is -2.16. The average Bonchev–Trinajstić information content (AvgIpc) is 3.07. The van der Waals surface area contributed by atoms with Gasteiger partial charge in [0.05, 0.1) is 18.7 Å². The largest absolute Gasteiger partial charge is 0.493 e. The second-order valence-corrected chi connectivity index (χ2v) is 7.52. The Hall–Kier alpha value is -1.08. The van der Waals surface area contributed by atoms with Crippen LogP contribution in [0.15, 0.2) is 21.6 Å². The number of halogens is 1. The molecule has 1 aliphatic rings. The van der Waals surface area contributed by atoms with E-state index in [1.165, 1.54) is 18.6 Å². The Balaban J connectivity index is 1.91. The molecule has 1 saturated heterocycles. The van der Waals surface area contributed by atoms with E-state index in [1.54, 1.807) is 21.3 Å². The highest BCUT2D eigenvalue weighted by Crippen LogP contribution is 2.36. The average molecular weight is 402 g/mol. The zero-order valence-electron chi connectivity index (χ0n) is 13.8. The van der Waals surface area contributed by atoms with Gasteiger partial charge in [-0.05, 0) is 52.2 Å². The van der Waals surface area contributed by atoms with Crippen LogP contribution in [0.1, 0.15) is 18.4 Å². The molecule has 1 heterocycles. The van der Waals surface area contributed by atoms with Crippen molar-refractivity contribution >= 4 is 33.7 Å². The number of aliphatic imine (C=N–C) groups is 1. The molecule has 0 bridgehead atoms. The zero-order chi connectivity index (χ0) is 16.7. The van der Waals surface area contributed by atoms with Gasteiger partial charge in [0.15, 0.2) is 17.5 Å². The first kappa shape index (κ1) is 18.3. The van der Waals surface area contributed by atoms with E-state index in [0.717, 1.165) is 22.5 Å². The predicted molar refractivity (Wildman–Crippen MR) is 101 cm³/mol. The van der Waals surface area contributed by atoms with Crippen LogP contribution in [-0.2, 0) is 6.54 Å². The molecule has 5 nitrogen and oxygen atoms in total. The van der Waals surface area contributed by atoms with Crippen molar-refractivity contribution in [2.24, 2.45) is 4.99 Å². The Bertz CT molecular complexity index is 548. The second-order valence-electron chi connectivity index (χ2n) is 5.25. The Labute approximate surface area is 150 Å². The Morgan fingerprint density at radius 1 is 1.35 bits per heavy atom. The number of guanidine groups is 1. The van der Waals surface area contributed by atoms with Crippen molar-refractivity contribution < 1.29 is 9.47 Å². The minimum Gasteiger partial charge on any atom is -0.493 e. The molecule has 7 heteroatoms. The van der Waals surface area contributed by atoms with E-state index in [9.17, 15) is 0 Å². The SMILES string of the molecule is CN=C(NCc1cc(Br)c(OC)c(OC)c1)NCC1CCCS1. The van der Waals surface area contributed by atoms with E-state index >= 15 is 0 Å². The maximum Gasteiger partial charge on any atom is 0.191 e. The van der Waals surface area contributed by atoms with Crippen LogP contribution in [0.4, 0.5) is 0 Å². The topological polar surface area (TPSA) is 54.9 Å². The van der Waals surface area contributed by atoms with Crippen LogP contribution in [0.25, 0.3) is 0 Å². The third-order valence-corrected chi connectivity index (χ3v) is 5.69. The third-order valence-electron chi connectivity index (χ3n) is 3.70. The summed E-state index contributed by atoms with van der Waals surface area (Å²) in [6, 6.07) is 3.99. The molecule has 1 fully saturated rings. The van der Waals surface area contributed by atoms with Gasteiger partial charge >= 0.3 is 0 Å². The van der Waals surface area contributed by atoms with E-state index in [2.05, 4.69) is 31.6 Å². The van der Waals surface area contributed by atoms with Gasteiger partial charge in [0.1, 0.15) is 0 Å². The van der Waals surface area contributed by atoms with E-state index in [0.29, 0.717) is 23.3 Å². The lowest BCUT2D eigenvalue weighted by Crippen LogP contribution is -2.39. The van der Waals surface area contributed by atoms with E-state index < -0.39 is 0 Å². The van der Waals surface area contributed by atoms with Crippen LogP contribution >= 0.6 is 27.7 Å². The zero-order valence-corrected chi connectivity index (χ0v) is 16.2. The number of benzene rings is 1. The normalized spacial score (nSPS) is 17.9. The molecule has 0 spiro atoms. The van der Waals surface area contributed by atoms with Crippen LogP contribution in [0.3, 0.4) is 0 Å². The molecule has 2 rings (SSSR count). The fourth-order valence-electron chi connectivity index (χ4n) is 2.50. The first-order valence-electron chi connectivity index (χ1n) is 7.64. The number of ether oxygens (including phenoxy) is 2.